The summed E-state index contributed by atoms with van der Waals surface area (Å²) >= 11 is 1.59. The third-order valence-electron chi connectivity index (χ3n) is 4.91. The van der Waals surface area contributed by atoms with Crippen LogP contribution in [0.15, 0.2) is 72.8 Å². The number of thioether (sulfide) groups is 1. The largest absolute Gasteiger partial charge is 0.497 e. The molecule has 1 fully saturated rings. The molecule has 5 nitrogen and oxygen atoms in total. The van der Waals surface area contributed by atoms with E-state index in [1.165, 1.54) is 0 Å². The van der Waals surface area contributed by atoms with E-state index in [1.54, 1.807) is 43.1 Å². The van der Waals surface area contributed by atoms with Crippen LogP contribution in [0.25, 0.3) is 0 Å². The van der Waals surface area contributed by atoms with Crippen molar-refractivity contribution in [3.8, 4) is 5.75 Å². The molecule has 1 N–H and O–H groups in total. The molecule has 0 bridgehead atoms. The second kappa shape index (κ2) is 8.63. The van der Waals surface area contributed by atoms with Gasteiger partial charge in [0.25, 0.3) is 5.91 Å². The van der Waals surface area contributed by atoms with Crippen LogP contribution < -0.4 is 15.0 Å². The molecule has 1 aliphatic heterocycles. The van der Waals surface area contributed by atoms with Gasteiger partial charge in [0.2, 0.25) is 5.91 Å². The summed E-state index contributed by atoms with van der Waals surface area (Å²) in [7, 11) is 1.57. The summed E-state index contributed by atoms with van der Waals surface area (Å²) in [6, 6.07) is 22.6. The number of nitrogens with zero attached hydrogens (tertiary/aromatic N) is 1. The maximum absolute atomic E-state index is 12.7. The summed E-state index contributed by atoms with van der Waals surface area (Å²) in [4.78, 5) is 27.1. The molecule has 0 spiro atoms. The van der Waals surface area contributed by atoms with Crippen LogP contribution in [0.5, 0.6) is 5.75 Å². The number of anilines is 2. The summed E-state index contributed by atoms with van der Waals surface area (Å²) in [5.41, 5.74) is 4.17. The molecular formula is C24H22N2O3S. The molecule has 0 unspecified atom stereocenters. The number of ether oxygens (including phenoxy) is 1. The standard InChI is InChI=1S/C24H22N2O3S/c1-16-6-3-10-20(12-16)26-22(27)15-30-24(26)18-8-4-9-19(13-18)25-23(28)17-7-5-11-21(14-17)29-2/h3-14,24H,15H2,1-2H3,(H,25,28)/t24-/m1/s1. The number of carbonyl (C=O) groups excluding carboxylic acids is 2. The first kappa shape index (κ1) is 20.0. The van der Waals surface area contributed by atoms with Crippen molar-refractivity contribution in [3.63, 3.8) is 0 Å². The molecule has 152 valence electrons. The van der Waals surface area contributed by atoms with Gasteiger partial charge in [0.1, 0.15) is 11.1 Å². The Kier molecular flexibility index (Phi) is 5.77. The molecule has 2 amide bonds. The van der Waals surface area contributed by atoms with E-state index >= 15 is 0 Å². The molecule has 0 aliphatic carbocycles. The van der Waals surface area contributed by atoms with E-state index in [-0.39, 0.29) is 17.2 Å². The lowest BCUT2D eigenvalue weighted by Gasteiger charge is -2.25. The van der Waals surface area contributed by atoms with Crippen LogP contribution in [0.3, 0.4) is 0 Å². The fraction of sp³-hybridized carbons (Fsp3) is 0.167. The van der Waals surface area contributed by atoms with E-state index in [1.807, 2.05) is 60.4 Å². The van der Waals surface area contributed by atoms with Crippen molar-refractivity contribution in [2.24, 2.45) is 0 Å². The minimum absolute atomic E-state index is 0.0846. The van der Waals surface area contributed by atoms with Gasteiger partial charge in [-0.3, -0.25) is 14.5 Å². The van der Waals surface area contributed by atoms with E-state index in [2.05, 4.69) is 5.32 Å². The molecule has 30 heavy (non-hydrogen) atoms. The number of rotatable bonds is 5. The molecule has 1 saturated heterocycles. The number of hydrogen-bond donors (Lipinski definition) is 1. The van der Waals surface area contributed by atoms with Crippen molar-refractivity contribution in [3.05, 3.63) is 89.5 Å². The number of aryl methyl sites for hydroxylation is 1. The van der Waals surface area contributed by atoms with Crippen LogP contribution in [0, 0.1) is 6.92 Å². The van der Waals surface area contributed by atoms with Crippen molar-refractivity contribution in [1.82, 2.24) is 0 Å². The van der Waals surface area contributed by atoms with Crippen LogP contribution in [0.1, 0.15) is 26.9 Å². The first-order valence-corrected chi connectivity index (χ1v) is 10.7. The highest BCUT2D eigenvalue weighted by atomic mass is 32.2. The van der Waals surface area contributed by atoms with Crippen LogP contribution in [-0.2, 0) is 4.79 Å². The Bertz CT molecular complexity index is 1100. The zero-order valence-electron chi connectivity index (χ0n) is 16.8. The zero-order valence-corrected chi connectivity index (χ0v) is 17.6. The fourth-order valence-electron chi connectivity index (χ4n) is 3.47. The number of methoxy groups -OCH3 is 1. The molecule has 4 rings (SSSR count). The first-order valence-electron chi connectivity index (χ1n) is 9.61. The van der Waals surface area contributed by atoms with Gasteiger partial charge in [-0.05, 0) is 60.5 Å². The molecule has 3 aromatic rings. The number of nitrogens with one attached hydrogen (secondary N) is 1. The number of benzene rings is 3. The van der Waals surface area contributed by atoms with Gasteiger partial charge >= 0.3 is 0 Å². The molecule has 0 aromatic heterocycles. The van der Waals surface area contributed by atoms with Gasteiger partial charge in [-0.15, -0.1) is 11.8 Å². The minimum Gasteiger partial charge on any atom is -0.497 e. The summed E-state index contributed by atoms with van der Waals surface area (Å²) in [6.07, 6.45) is 0. The highest BCUT2D eigenvalue weighted by molar-refractivity contribution is 8.00. The first-order chi connectivity index (χ1) is 14.5. The second-order valence-electron chi connectivity index (χ2n) is 7.08. The maximum atomic E-state index is 12.7. The smallest absolute Gasteiger partial charge is 0.255 e. The molecule has 1 aliphatic rings. The van der Waals surface area contributed by atoms with Gasteiger partial charge in [0.05, 0.1) is 12.9 Å². The van der Waals surface area contributed by atoms with E-state index < -0.39 is 0 Å². The highest BCUT2D eigenvalue weighted by Crippen LogP contribution is 2.42. The van der Waals surface area contributed by atoms with Crippen molar-refractivity contribution in [2.75, 3.05) is 23.1 Å². The average Bonchev–Trinajstić information content (AvgIpc) is 3.15. The number of amides is 2. The normalized spacial score (nSPS) is 15.9. The van der Waals surface area contributed by atoms with Gasteiger partial charge in [-0.2, -0.15) is 0 Å². The molecule has 3 aromatic carbocycles. The monoisotopic (exact) mass is 418 g/mol. The molecule has 1 atom stereocenters. The molecule has 1 heterocycles. The van der Waals surface area contributed by atoms with Gasteiger partial charge < -0.3 is 10.1 Å². The second-order valence-corrected chi connectivity index (χ2v) is 8.15. The predicted octanol–water partition coefficient (Wildman–Crippen LogP) is 5.03. The van der Waals surface area contributed by atoms with Crippen LogP contribution in [0.2, 0.25) is 0 Å². The molecule has 0 saturated carbocycles. The number of hydrogen-bond acceptors (Lipinski definition) is 4. The Morgan fingerprint density at radius 3 is 2.67 bits per heavy atom. The Balaban J connectivity index is 1.58. The molecular weight excluding hydrogens is 396 g/mol. The lowest BCUT2D eigenvalue weighted by atomic mass is 10.1. The van der Waals surface area contributed by atoms with E-state index in [9.17, 15) is 9.59 Å². The Morgan fingerprint density at radius 1 is 1.07 bits per heavy atom. The maximum Gasteiger partial charge on any atom is 0.255 e. The fourth-order valence-corrected chi connectivity index (χ4v) is 4.63. The summed E-state index contributed by atoms with van der Waals surface area (Å²) < 4.78 is 5.19. The van der Waals surface area contributed by atoms with Gasteiger partial charge in [-0.25, -0.2) is 0 Å². The van der Waals surface area contributed by atoms with Gasteiger partial charge in [-0.1, -0.05) is 30.3 Å². The van der Waals surface area contributed by atoms with Crippen LogP contribution in [-0.4, -0.2) is 24.7 Å². The van der Waals surface area contributed by atoms with Crippen molar-refractivity contribution in [1.29, 1.82) is 0 Å². The van der Waals surface area contributed by atoms with Gasteiger partial charge in [0.15, 0.2) is 0 Å². The molecule has 0 radical (unpaired) electrons. The van der Waals surface area contributed by atoms with Crippen molar-refractivity contribution >= 4 is 35.0 Å². The summed E-state index contributed by atoms with van der Waals surface area (Å²) in [5, 5.41) is 2.81. The lowest BCUT2D eigenvalue weighted by molar-refractivity contribution is -0.115. The SMILES string of the molecule is COc1cccc(C(=O)Nc2cccc([C@H]3SCC(=O)N3c3cccc(C)c3)c2)c1. The molecule has 6 heteroatoms. The third kappa shape index (κ3) is 4.19. The van der Waals surface area contributed by atoms with E-state index in [0.717, 1.165) is 16.8 Å². The quantitative estimate of drug-likeness (QED) is 0.631. The predicted molar refractivity (Wildman–Crippen MR) is 121 cm³/mol. The minimum atomic E-state index is -0.211. The lowest BCUT2D eigenvalue weighted by Crippen LogP contribution is -2.27. The summed E-state index contributed by atoms with van der Waals surface area (Å²) in [6.45, 7) is 2.01. The topological polar surface area (TPSA) is 58.6 Å². The average molecular weight is 419 g/mol. The Morgan fingerprint density at radius 2 is 1.87 bits per heavy atom. The van der Waals surface area contributed by atoms with Crippen molar-refractivity contribution in [2.45, 2.75) is 12.3 Å². The number of carbonyl (C=O) groups is 2. The zero-order chi connectivity index (χ0) is 21.1. The third-order valence-corrected chi connectivity index (χ3v) is 6.12. The van der Waals surface area contributed by atoms with Crippen LogP contribution >= 0.6 is 11.8 Å². The van der Waals surface area contributed by atoms with Crippen molar-refractivity contribution < 1.29 is 14.3 Å². The highest BCUT2D eigenvalue weighted by Gasteiger charge is 2.34. The van der Waals surface area contributed by atoms with E-state index in [0.29, 0.717) is 22.8 Å². The van der Waals surface area contributed by atoms with Gasteiger partial charge in [0, 0.05) is 16.9 Å². The Hall–Kier alpha value is -3.25. The van der Waals surface area contributed by atoms with E-state index in [4.69, 9.17) is 4.74 Å². The van der Waals surface area contributed by atoms with Crippen LogP contribution in [0.4, 0.5) is 11.4 Å². The Labute approximate surface area is 180 Å². The summed E-state index contributed by atoms with van der Waals surface area (Å²) in [5.74, 6) is 0.933.